The molecule has 0 fully saturated rings. The van der Waals surface area contributed by atoms with Crippen molar-refractivity contribution in [3.8, 4) is 5.69 Å². The highest BCUT2D eigenvalue weighted by atomic mass is 16.5. The highest BCUT2D eigenvalue weighted by Crippen LogP contribution is 2.24. The van der Waals surface area contributed by atoms with Crippen molar-refractivity contribution in [2.24, 2.45) is 0 Å². The van der Waals surface area contributed by atoms with Gasteiger partial charge in [0.15, 0.2) is 11.2 Å². The summed E-state index contributed by atoms with van der Waals surface area (Å²) in [5.41, 5.74) is 2.99. The van der Waals surface area contributed by atoms with Crippen LogP contribution in [0, 0.1) is 0 Å². The fourth-order valence-electron chi connectivity index (χ4n) is 3.26. The van der Waals surface area contributed by atoms with Gasteiger partial charge in [-0.25, -0.2) is 9.78 Å². The molecule has 4 rings (SSSR count). The van der Waals surface area contributed by atoms with Gasteiger partial charge in [-0.15, -0.1) is 5.10 Å². The Morgan fingerprint density at radius 2 is 1.97 bits per heavy atom. The van der Waals surface area contributed by atoms with Crippen molar-refractivity contribution in [1.29, 1.82) is 0 Å². The molecule has 12 heteroatoms. The number of anilines is 3. The van der Waals surface area contributed by atoms with Crippen LogP contribution in [-0.4, -0.2) is 55.0 Å². The zero-order valence-corrected chi connectivity index (χ0v) is 18.1. The normalized spacial score (nSPS) is 10.6. The number of ether oxygens (including phenoxy) is 1. The highest BCUT2D eigenvalue weighted by Gasteiger charge is 2.16. The monoisotopic (exact) mass is 461 g/mol. The fourth-order valence-corrected chi connectivity index (χ4v) is 3.26. The van der Waals surface area contributed by atoms with E-state index >= 15 is 0 Å². The molecule has 0 radical (unpaired) electrons. The van der Waals surface area contributed by atoms with E-state index in [0.717, 1.165) is 0 Å². The quantitative estimate of drug-likeness (QED) is 0.348. The van der Waals surface area contributed by atoms with Gasteiger partial charge in [-0.1, -0.05) is 17.3 Å². The molecule has 0 bridgehead atoms. The number of hydrogen-bond donors (Lipinski definition) is 3. The molecule has 2 aromatic heterocycles. The third-order valence-electron chi connectivity index (χ3n) is 4.69. The molecule has 2 aromatic carbocycles. The van der Waals surface area contributed by atoms with Crippen molar-refractivity contribution in [1.82, 2.24) is 25.0 Å². The number of carbonyl (C=O) groups excluding carboxylic acids is 2. The maximum Gasteiger partial charge on any atom is 0.340 e. The number of nitrogens with one attached hydrogen (secondary N) is 2. The Labute approximate surface area is 192 Å². The van der Waals surface area contributed by atoms with Crippen molar-refractivity contribution in [3.63, 3.8) is 0 Å². The minimum atomic E-state index is -0.940. The van der Waals surface area contributed by atoms with Crippen molar-refractivity contribution in [2.75, 3.05) is 17.7 Å². The molecule has 34 heavy (non-hydrogen) atoms. The molecule has 0 saturated heterocycles. The summed E-state index contributed by atoms with van der Waals surface area (Å²) in [5, 5.41) is 22.8. The van der Waals surface area contributed by atoms with Crippen LogP contribution < -0.4 is 10.6 Å². The Morgan fingerprint density at radius 3 is 2.71 bits per heavy atom. The number of aromatic nitrogens is 5. The van der Waals surface area contributed by atoms with E-state index in [2.05, 4.69) is 30.9 Å². The molecule has 0 saturated carbocycles. The number of carboxylic acid groups (broad SMARTS) is 1. The van der Waals surface area contributed by atoms with Gasteiger partial charge >= 0.3 is 11.9 Å². The van der Waals surface area contributed by atoms with Crippen LogP contribution in [0.3, 0.4) is 0 Å². The van der Waals surface area contributed by atoms with Gasteiger partial charge in [-0.05, 0) is 35.9 Å². The molecule has 3 N–H and O–H groups in total. The summed E-state index contributed by atoms with van der Waals surface area (Å²) in [6.45, 7) is 1.34. The van der Waals surface area contributed by atoms with E-state index in [1.807, 2.05) is 0 Å². The first kappa shape index (κ1) is 22.3. The largest absolute Gasteiger partial charge is 0.481 e. The van der Waals surface area contributed by atoms with Crippen LogP contribution in [0.15, 0.2) is 48.7 Å². The Hall–Kier alpha value is -4.87. The maximum atomic E-state index is 12.2. The molecule has 1 amide bonds. The second-order valence-electron chi connectivity index (χ2n) is 7.20. The van der Waals surface area contributed by atoms with E-state index in [4.69, 9.17) is 9.84 Å². The summed E-state index contributed by atoms with van der Waals surface area (Å²) in [6, 6.07) is 11.6. The standard InChI is InChI=1S/C22H19N7O5/c1-12(30)24-17-7-6-14(10-16(17)21(33)34-2)25-22-23-11-18-20(26-22)29(28-27-18)15-5-3-4-13(8-15)9-19(31)32/h3-8,10-11H,9H2,1-2H3,(H,24,30)(H,31,32)(H,23,25,26). The lowest BCUT2D eigenvalue weighted by Crippen LogP contribution is -2.12. The van der Waals surface area contributed by atoms with Gasteiger partial charge in [0, 0.05) is 12.6 Å². The predicted molar refractivity (Wildman–Crippen MR) is 121 cm³/mol. The van der Waals surface area contributed by atoms with E-state index in [0.29, 0.717) is 33.8 Å². The lowest BCUT2D eigenvalue weighted by atomic mass is 10.1. The first-order chi connectivity index (χ1) is 16.3. The molecule has 0 aliphatic carbocycles. The number of carboxylic acids is 1. The topological polar surface area (TPSA) is 161 Å². The van der Waals surface area contributed by atoms with Crippen molar-refractivity contribution >= 4 is 46.3 Å². The summed E-state index contributed by atoms with van der Waals surface area (Å²) in [6.07, 6.45) is 1.36. The summed E-state index contributed by atoms with van der Waals surface area (Å²) >= 11 is 0. The molecule has 0 aliphatic heterocycles. The second kappa shape index (κ2) is 9.32. The average molecular weight is 461 g/mol. The second-order valence-corrected chi connectivity index (χ2v) is 7.20. The Kier molecular flexibility index (Phi) is 6.12. The van der Waals surface area contributed by atoms with Crippen molar-refractivity contribution in [2.45, 2.75) is 13.3 Å². The van der Waals surface area contributed by atoms with Crippen molar-refractivity contribution in [3.05, 3.63) is 59.8 Å². The van der Waals surface area contributed by atoms with Gasteiger partial charge in [0.05, 0.1) is 36.7 Å². The number of methoxy groups -OCH3 is 1. The smallest absolute Gasteiger partial charge is 0.340 e. The van der Waals surface area contributed by atoms with Gasteiger partial charge in [-0.2, -0.15) is 9.67 Å². The third kappa shape index (κ3) is 4.80. The molecule has 0 spiro atoms. The minimum absolute atomic E-state index is 0.126. The van der Waals surface area contributed by atoms with Crippen LogP contribution in [0.4, 0.5) is 17.3 Å². The third-order valence-corrected chi connectivity index (χ3v) is 4.69. The Bertz CT molecular complexity index is 1420. The van der Waals surface area contributed by atoms with E-state index in [9.17, 15) is 14.4 Å². The molecule has 12 nitrogen and oxygen atoms in total. The lowest BCUT2D eigenvalue weighted by Gasteiger charge is -2.11. The van der Waals surface area contributed by atoms with Crippen LogP contribution in [-0.2, 0) is 20.7 Å². The van der Waals surface area contributed by atoms with E-state index in [-0.39, 0.29) is 23.8 Å². The molecule has 2 heterocycles. The van der Waals surface area contributed by atoms with Gasteiger partial charge < -0.3 is 20.5 Å². The van der Waals surface area contributed by atoms with Gasteiger partial charge in [0.2, 0.25) is 11.9 Å². The van der Waals surface area contributed by atoms with Gasteiger partial charge in [-0.3, -0.25) is 9.59 Å². The molecule has 0 atom stereocenters. The minimum Gasteiger partial charge on any atom is -0.481 e. The first-order valence-electron chi connectivity index (χ1n) is 10.0. The van der Waals surface area contributed by atoms with Crippen molar-refractivity contribution < 1.29 is 24.2 Å². The summed E-state index contributed by atoms with van der Waals surface area (Å²) in [4.78, 5) is 43.3. The Balaban J connectivity index is 1.67. The number of carbonyl (C=O) groups is 3. The molecular formula is C22H19N7O5. The average Bonchev–Trinajstić information content (AvgIpc) is 3.22. The molecule has 0 aliphatic rings. The molecule has 172 valence electrons. The number of esters is 1. The number of nitrogens with zero attached hydrogens (tertiary/aromatic N) is 5. The summed E-state index contributed by atoms with van der Waals surface area (Å²) in [5.74, 6) is -1.67. The predicted octanol–water partition coefficient (Wildman–Crippen LogP) is 2.33. The zero-order chi connectivity index (χ0) is 24.2. The number of benzene rings is 2. The fraction of sp³-hybridized carbons (Fsp3) is 0.136. The van der Waals surface area contributed by atoms with Gasteiger partial charge in [0.25, 0.3) is 0 Å². The van der Waals surface area contributed by atoms with Crippen LogP contribution in [0.5, 0.6) is 0 Å². The summed E-state index contributed by atoms with van der Waals surface area (Å²) < 4.78 is 6.28. The molecule has 4 aromatic rings. The van der Waals surface area contributed by atoms with E-state index in [1.54, 1.807) is 36.4 Å². The first-order valence-corrected chi connectivity index (χ1v) is 10.0. The molecule has 0 unspecified atom stereocenters. The number of amides is 1. The highest BCUT2D eigenvalue weighted by molar-refractivity contribution is 6.01. The number of fused-ring (bicyclic) bond motifs is 1. The van der Waals surface area contributed by atoms with Crippen LogP contribution >= 0.6 is 0 Å². The van der Waals surface area contributed by atoms with Crippen LogP contribution in [0.25, 0.3) is 16.9 Å². The van der Waals surface area contributed by atoms with Gasteiger partial charge in [0.1, 0.15) is 0 Å². The molecular weight excluding hydrogens is 442 g/mol. The van der Waals surface area contributed by atoms with E-state index < -0.39 is 11.9 Å². The number of rotatable bonds is 7. The van der Waals surface area contributed by atoms with Crippen LogP contribution in [0.1, 0.15) is 22.8 Å². The zero-order valence-electron chi connectivity index (χ0n) is 18.1. The van der Waals surface area contributed by atoms with Crippen LogP contribution in [0.2, 0.25) is 0 Å². The maximum absolute atomic E-state index is 12.2. The number of hydrogen-bond acceptors (Lipinski definition) is 9. The Morgan fingerprint density at radius 1 is 1.15 bits per heavy atom. The number of aliphatic carboxylic acids is 1. The van der Waals surface area contributed by atoms with E-state index in [1.165, 1.54) is 31.0 Å². The summed E-state index contributed by atoms with van der Waals surface area (Å²) in [7, 11) is 1.25. The SMILES string of the molecule is COC(=O)c1cc(Nc2ncc3nnn(-c4cccc(CC(=O)O)c4)c3n2)ccc1NC(C)=O. The lowest BCUT2D eigenvalue weighted by molar-refractivity contribution is -0.136.